The number of hydrogen-bond donors (Lipinski definition) is 3. The van der Waals surface area contributed by atoms with Gasteiger partial charge in [0.25, 0.3) is 11.5 Å². The van der Waals surface area contributed by atoms with Gasteiger partial charge in [-0.1, -0.05) is 12.1 Å². The van der Waals surface area contributed by atoms with Gasteiger partial charge < -0.3 is 4.98 Å². The first-order valence-corrected chi connectivity index (χ1v) is 10.2. The minimum Gasteiger partial charge on any atom is -0.309 e. The van der Waals surface area contributed by atoms with Gasteiger partial charge >= 0.3 is 0 Å². The molecule has 2 amide bonds. The predicted octanol–water partition coefficient (Wildman–Crippen LogP) is 2.33. The van der Waals surface area contributed by atoms with E-state index in [4.69, 9.17) is 0 Å². The van der Waals surface area contributed by atoms with Gasteiger partial charge in [-0.15, -0.1) is 23.1 Å². The Kier molecular flexibility index (Phi) is 5.62. The zero-order chi connectivity index (χ0) is 19.6. The minimum atomic E-state index is -0.475. The number of hydrogen-bond acceptors (Lipinski definition) is 6. The van der Waals surface area contributed by atoms with E-state index in [0.717, 1.165) is 15.3 Å². The molecule has 9 heteroatoms. The van der Waals surface area contributed by atoms with E-state index in [1.807, 2.05) is 32.2 Å². The highest BCUT2D eigenvalue weighted by atomic mass is 32.2. The molecule has 0 saturated heterocycles. The van der Waals surface area contributed by atoms with Gasteiger partial charge in [0.15, 0.2) is 0 Å². The zero-order valence-corrected chi connectivity index (χ0v) is 16.6. The number of rotatable bonds is 4. The Labute approximate surface area is 163 Å². The van der Waals surface area contributed by atoms with Crippen molar-refractivity contribution in [3.05, 3.63) is 56.4 Å². The molecule has 0 bridgehead atoms. The molecule has 0 aliphatic rings. The van der Waals surface area contributed by atoms with Crippen molar-refractivity contribution in [2.75, 3.05) is 6.26 Å². The highest BCUT2D eigenvalue weighted by molar-refractivity contribution is 7.98. The van der Waals surface area contributed by atoms with Gasteiger partial charge in [-0.2, -0.15) is 0 Å². The van der Waals surface area contributed by atoms with Crippen molar-refractivity contribution in [1.29, 1.82) is 0 Å². The Balaban J connectivity index is 1.68. The first kappa shape index (κ1) is 19.1. The first-order valence-electron chi connectivity index (χ1n) is 8.11. The number of aromatic nitrogens is 2. The number of hydrazine groups is 1. The Morgan fingerprint density at radius 2 is 1.96 bits per heavy atom. The minimum absolute atomic E-state index is 0.147. The molecule has 0 atom stereocenters. The number of nitrogens with one attached hydrogen (secondary N) is 3. The number of carbonyl (C=O) groups is 2. The summed E-state index contributed by atoms with van der Waals surface area (Å²) in [5.74, 6) is -0.628. The number of amides is 2. The molecule has 3 N–H and O–H groups in total. The first-order chi connectivity index (χ1) is 12.9. The maximum absolute atomic E-state index is 12.2. The van der Waals surface area contributed by atoms with Crippen molar-refractivity contribution in [2.24, 2.45) is 0 Å². The third-order valence-corrected chi connectivity index (χ3v) is 5.98. The highest BCUT2D eigenvalue weighted by Gasteiger charge is 2.15. The van der Waals surface area contributed by atoms with Gasteiger partial charge in [-0.25, -0.2) is 4.98 Å². The average Bonchev–Trinajstić information content (AvgIpc) is 2.93. The summed E-state index contributed by atoms with van der Waals surface area (Å²) >= 11 is 2.86. The van der Waals surface area contributed by atoms with E-state index in [2.05, 4.69) is 20.8 Å². The lowest BCUT2D eigenvalue weighted by molar-refractivity contribution is -0.121. The lowest BCUT2D eigenvalue weighted by Gasteiger charge is -2.09. The second-order valence-electron chi connectivity index (χ2n) is 5.86. The molecule has 0 aliphatic heterocycles. The summed E-state index contributed by atoms with van der Waals surface area (Å²) in [5, 5.41) is 0.559. The average molecular weight is 403 g/mol. The number of carbonyl (C=O) groups excluding carboxylic acids is 2. The van der Waals surface area contributed by atoms with E-state index >= 15 is 0 Å². The molecule has 0 spiro atoms. The third-order valence-electron chi connectivity index (χ3n) is 4.08. The Hall–Kier alpha value is -2.65. The number of benzene rings is 1. The van der Waals surface area contributed by atoms with Crippen molar-refractivity contribution in [3.63, 3.8) is 0 Å². The molecule has 27 heavy (non-hydrogen) atoms. The molecule has 7 nitrogen and oxygen atoms in total. The van der Waals surface area contributed by atoms with Crippen molar-refractivity contribution >= 4 is 45.1 Å². The van der Waals surface area contributed by atoms with Gasteiger partial charge in [-0.3, -0.25) is 25.2 Å². The molecule has 3 rings (SSSR count). The predicted molar refractivity (Wildman–Crippen MR) is 107 cm³/mol. The highest BCUT2D eigenvalue weighted by Crippen LogP contribution is 2.25. The van der Waals surface area contributed by atoms with Gasteiger partial charge in [0.2, 0.25) is 5.91 Å². The van der Waals surface area contributed by atoms with Gasteiger partial charge in [0.05, 0.1) is 17.4 Å². The van der Waals surface area contributed by atoms with Crippen LogP contribution in [-0.2, 0) is 11.2 Å². The number of aromatic amines is 1. The molecule has 140 valence electrons. The van der Waals surface area contributed by atoms with Gasteiger partial charge in [-0.05, 0) is 37.8 Å². The Morgan fingerprint density at radius 1 is 1.22 bits per heavy atom. The molecule has 0 saturated carbocycles. The van der Waals surface area contributed by atoms with Crippen molar-refractivity contribution < 1.29 is 9.59 Å². The SMILES string of the molecule is CSc1ccccc1C(=O)NNC(=O)Cc1nc2sc(C)c(C)c2c(=O)[nH]1. The summed E-state index contributed by atoms with van der Waals surface area (Å²) < 4.78 is 0. The topological polar surface area (TPSA) is 104 Å². The monoisotopic (exact) mass is 402 g/mol. The Morgan fingerprint density at radius 3 is 2.70 bits per heavy atom. The number of thioether (sulfide) groups is 1. The number of nitrogens with zero attached hydrogens (tertiary/aromatic N) is 1. The molecule has 0 fully saturated rings. The van der Waals surface area contributed by atoms with Crippen molar-refractivity contribution in [2.45, 2.75) is 25.2 Å². The summed E-state index contributed by atoms with van der Waals surface area (Å²) in [5.41, 5.74) is 5.86. The molecule has 3 aromatic rings. The van der Waals surface area contributed by atoms with E-state index in [-0.39, 0.29) is 17.8 Å². The maximum atomic E-state index is 12.2. The quantitative estimate of drug-likeness (QED) is 0.459. The molecular weight excluding hydrogens is 384 g/mol. The number of aryl methyl sites for hydroxylation is 2. The van der Waals surface area contributed by atoms with Crippen LogP contribution in [0.5, 0.6) is 0 Å². The second kappa shape index (κ2) is 7.93. The fourth-order valence-corrected chi connectivity index (χ4v) is 4.25. The Bertz CT molecular complexity index is 1090. The van der Waals surface area contributed by atoms with Crippen LogP contribution in [0.1, 0.15) is 26.6 Å². The molecule has 2 aromatic heterocycles. The molecule has 2 heterocycles. The second-order valence-corrected chi connectivity index (χ2v) is 7.91. The van der Waals surface area contributed by atoms with Crippen LogP contribution < -0.4 is 16.4 Å². The fourth-order valence-electron chi connectivity index (χ4n) is 2.61. The smallest absolute Gasteiger partial charge is 0.270 e. The normalized spacial score (nSPS) is 10.8. The third kappa shape index (κ3) is 4.04. The molecule has 0 radical (unpaired) electrons. The van der Waals surface area contributed by atoms with Crippen LogP contribution in [-0.4, -0.2) is 28.0 Å². The van der Waals surface area contributed by atoms with E-state index in [9.17, 15) is 14.4 Å². The summed E-state index contributed by atoms with van der Waals surface area (Å²) in [7, 11) is 0. The summed E-state index contributed by atoms with van der Waals surface area (Å²) in [6, 6.07) is 7.11. The van der Waals surface area contributed by atoms with E-state index < -0.39 is 11.8 Å². The van der Waals surface area contributed by atoms with Crippen LogP contribution in [0.25, 0.3) is 10.2 Å². The zero-order valence-electron chi connectivity index (χ0n) is 15.0. The van der Waals surface area contributed by atoms with Crippen molar-refractivity contribution in [1.82, 2.24) is 20.8 Å². The molecule has 0 aliphatic carbocycles. The molecule has 0 unspecified atom stereocenters. The number of H-pyrrole nitrogens is 1. The number of fused-ring (bicyclic) bond motifs is 1. The standard InChI is InChI=1S/C18H18N4O3S2/c1-9-10(2)27-18-15(9)17(25)19-13(20-18)8-14(23)21-22-16(24)11-6-4-5-7-12(11)26-3/h4-7H,8H2,1-3H3,(H,21,23)(H,22,24)(H,19,20,25). The van der Waals surface area contributed by atoms with Crippen LogP contribution in [0, 0.1) is 13.8 Å². The van der Waals surface area contributed by atoms with Crippen LogP contribution >= 0.6 is 23.1 Å². The maximum Gasteiger partial charge on any atom is 0.270 e. The van der Waals surface area contributed by atoms with Gasteiger partial charge in [0, 0.05) is 9.77 Å². The van der Waals surface area contributed by atoms with Crippen LogP contribution in [0.4, 0.5) is 0 Å². The van der Waals surface area contributed by atoms with Crippen molar-refractivity contribution in [3.8, 4) is 0 Å². The van der Waals surface area contributed by atoms with Crippen LogP contribution in [0.3, 0.4) is 0 Å². The molecule has 1 aromatic carbocycles. The lowest BCUT2D eigenvalue weighted by atomic mass is 10.2. The summed E-state index contributed by atoms with van der Waals surface area (Å²) in [6.45, 7) is 3.80. The lowest BCUT2D eigenvalue weighted by Crippen LogP contribution is -2.42. The largest absolute Gasteiger partial charge is 0.309 e. The fraction of sp³-hybridized carbons (Fsp3) is 0.222. The van der Waals surface area contributed by atoms with E-state index in [1.54, 1.807) is 12.1 Å². The summed E-state index contributed by atoms with van der Waals surface area (Å²) in [6.07, 6.45) is 1.72. The van der Waals surface area contributed by atoms with E-state index in [1.165, 1.54) is 23.1 Å². The molecular formula is C18H18N4O3S2. The summed E-state index contributed by atoms with van der Waals surface area (Å²) in [4.78, 5) is 46.0. The van der Waals surface area contributed by atoms with Crippen LogP contribution in [0.2, 0.25) is 0 Å². The van der Waals surface area contributed by atoms with E-state index in [0.29, 0.717) is 15.8 Å². The van der Waals surface area contributed by atoms with Gasteiger partial charge in [0.1, 0.15) is 10.7 Å². The van der Waals surface area contributed by atoms with Crippen LogP contribution in [0.15, 0.2) is 34.0 Å². The number of thiophene rings is 1.